The minimum Gasteiger partial charge on any atom is -0.490 e. The smallest absolute Gasteiger partial charge is 0.233 e. The van der Waals surface area contributed by atoms with Crippen LogP contribution in [0.4, 0.5) is 0 Å². The maximum Gasteiger partial charge on any atom is 0.233 e. The summed E-state index contributed by atoms with van der Waals surface area (Å²) >= 11 is 0. The first-order chi connectivity index (χ1) is 12.7. The lowest BCUT2D eigenvalue weighted by atomic mass is 9.98. The topological polar surface area (TPSA) is 73.1 Å². The Morgan fingerprint density at radius 2 is 1.85 bits per heavy atom. The van der Waals surface area contributed by atoms with E-state index in [1.54, 1.807) is 4.68 Å². The van der Waals surface area contributed by atoms with Crippen molar-refractivity contribution in [3.8, 4) is 5.75 Å². The largest absolute Gasteiger partial charge is 0.490 e. The number of aryl methyl sites for hydroxylation is 2. The SMILES string of the molecule is Cc1ccc(OC2CCN(C(=O)C3CCCCn4nnnc43)CC2)cc1. The van der Waals surface area contributed by atoms with Crippen LogP contribution >= 0.6 is 0 Å². The van der Waals surface area contributed by atoms with Gasteiger partial charge in [0.1, 0.15) is 11.9 Å². The summed E-state index contributed by atoms with van der Waals surface area (Å²) in [6.45, 7) is 4.33. The number of amides is 1. The van der Waals surface area contributed by atoms with Crippen LogP contribution in [0.5, 0.6) is 5.75 Å². The zero-order chi connectivity index (χ0) is 17.9. The third-order valence-corrected chi connectivity index (χ3v) is 5.36. The van der Waals surface area contributed by atoms with Crippen LogP contribution in [0.2, 0.25) is 0 Å². The van der Waals surface area contributed by atoms with E-state index >= 15 is 0 Å². The number of likely N-dealkylation sites (tertiary alicyclic amines) is 1. The molecule has 138 valence electrons. The summed E-state index contributed by atoms with van der Waals surface area (Å²) in [5.74, 6) is 1.59. The number of rotatable bonds is 3. The molecule has 1 saturated heterocycles. The van der Waals surface area contributed by atoms with Crippen LogP contribution in [0.1, 0.15) is 49.4 Å². The molecule has 1 amide bonds. The lowest BCUT2D eigenvalue weighted by molar-refractivity contribution is -0.135. The van der Waals surface area contributed by atoms with E-state index in [1.807, 2.05) is 17.0 Å². The predicted molar refractivity (Wildman–Crippen MR) is 95.8 cm³/mol. The van der Waals surface area contributed by atoms with Crippen LogP contribution in [0, 0.1) is 6.92 Å². The molecule has 0 saturated carbocycles. The minimum atomic E-state index is -0.206. The number of tetrazole rings is 1. The molecule has 0 aliphatic carbocycles. The molecule has 0 N–H and O–H groups in total. The molecule has 0 radical (unpaired) electrons. The first-order valence-electron chi connectivity index (χ1n) is 9.49. The quantitative estimate of drug-likeness (QED) is 0.845. The number of piperidine rings is 1. The standard InChI is InChI=1S/C19H25N5O2/c1-14-5-7-15(8-6-14)26-16-9-12-23(13-10-16)19(25)17-4-2-3-11-24-18(17)20-21-22-24/h5-8,16-17H,2-4,9-13H2,1H3. The number of hydrogen-bond donors (Lipinski definition) is 0. The number of carbonyl (C=O) groups is 1. The molecular weight excluding hydrogens is 330 g/mol. The van der Waals surface area contributed by atoms with Crippen LogP contribution in [-0.2, 0) is 11.3 Å². The summed E-state index contributed by atoms with van der Waals surface area (Å²) in [7, 11) is 0. The average molecular weight is 355 g/mol. The van der Waals surface area contributed by atoms with Gasteiger partial charge in [-0.15, -0.1) is 5.10 Å². The van der Waals surface area contributed by atoms with E-state index in [4.69, 9.17) is 4.74 Å². The highest BCUT2D eigenvalue weighted by Gasteiger charge is 2.33. The highest BCUT2D eigenvalue weighted by atomic mass is 16.5. The van der Waals surface area contributed by atoms with Crippen molar-refractivity contribution < 1.29 is 9.53 Å². The summed E-state index contributed by atoms with van der Waals surface area (Å²) in [6, 6.07) is 8.14. The van der Waals surface area contributed by atoms with Crippen LogP contribution in [0.3, 0.4) is 0 Å². The molecule has 2 aliphatic heterocycles. The molecule has 1 unspecified atom stereocenters. The van der Waals surface area contributed by atoms with Gasteiger partial charge in [-0.05, 0) is 42.3 Å². The van der Waals surface area contributed by atoms with Gasteiger partial charge in [0.05, 0.1) is 5.92 Å². The van der Waals surface area contributed by atoms with Gasteiger partial charge in [-0.25, -0.2) is 4.68 Å². The van der Waals surface area contributed by atoms with Gasteiger partial charge in [-0.1, -0.05) is 24.1 Å². The fourth-order valence-corrected chi connectivity index (χ4v) is 3.82. The Labute approximate surface area is 153 Å². The maximum atomic E-state index is 13.0. The highest BCUT2D eigenvalue weighted by Crippen LogP contribution is 2.28. The molecule has 7 nitrogen and oxygen atoms in total. The van der Waals surface area contributed by atoms with E-state index in [1.165, 1.54) is 5.56 Å². The Balaban J connectivity index is 1.36. The molecule has 7 heteroatoms. The van der Waals surface area contributed by atoms with Crippen LogP contribution < -0.4 is 4.74 Å². The zero-order valence-corrected chi connectivity index (χ0v) is 15.2. The molecule has 1 atom stereocenters. The summed E-state index contributed by atoms with van der Waals surface area (Å²) in [5, 5.41) is 11.9. The summed E-state index contributed by atoms with van der Waals surface area (Å²) in [5.41, 5.74) is 1.23. The predicted octanol–water partition coefficient (Wildman–Crippen LogP) is 2.32. The number of hydrogen-bond acceptors (Lipinski definition) is 5. The molecular formula is C19H25N5O2. The fourth-order valence-electron chi connectivity index (χ4n) is 3.82. The number of aromatic nitrogens is 4. The second-order valence-corrected chi connectivity index (χ2v) is 7.26. The van der Waals surface area contributed by atoms with E-state index < -0.39 is 0 Å². The number of ether oxygens (including phenoxy) is 1. The van der Waals surface area contributed by atoms with E-state index in [9.17, 15) is 4.79 Å². The molecule has 26 heavy (non-hydrogen) atoms. The monoisotopic (exact) mass is 355 g/mol. The first kappa shape index (κ1) is 17.0. The van der Waals surface area contributed by atoms with Crippen molar-refractivity contribution in [3.05, 3.63) is 35.7 Å². The van der Waals surface area contributed by atoms with Gasteiger partial charge in [0, 0.05) is 32.5 Å². The van der Waals surface area contributed by atoms with E-state index in [0.717, 1.165) is 63.3 Å². The van der Waals surface area contributed by atoms with Crippen molar-refractivity contribution in [1.82, 2.24) is 25.1 Å². The van der Waals surface area contributed by atoms with Gasteiger partial charge in [0.2, 0.25) is 5.91 Å². The van der Waals surface area contributed by atoms with Gasteiger partial charge >= 0.3 is 0 Å². The minimum absolute atomic E-state index is 0.164. The van der Waals surface area contributed by atoms with E-state index in [-0.39, 0.29) is 17.9 Å². The molecule has 0 spiro atoms. The molecule has 2 aromatic rings. The number of carbonyl (C=O) groups excluding carboxylic acids is 1. The second-order valence-electron chi connectivity index (χ2n) is 7.26. The Morgan fingerprint density at radius 1 is 1.08 bits per heavy atom. The van der Waals surface area contributed by atoms with Gasteiger partial charge in [-0.2, -0.15) is 0 Å². The fraction of sp³-hybridized carbons (Fsp3) is 0.579. The van der Waals surface area contributed by atoms with Crippen molar-refractivity contribution in [2.24, 2.45) is 0 Å². The lowest BCUT2D eigenvalue weighted by Gasteiger charge is -2.34. The Hall–Kier alpha value is -2.44. The zero-order valence-electron chi connectivity index (χ0n) is 15.2. The number of benzene rings is 1. The van der Waals surface area contributed by atoms with Crippen molar-refractivity contribution in [1.29, 1.82) is 0 Å². The van der Waals surface area contributed by atoms with Gasteiger partial charge in [0.25, 0.3) is 0 Å². The van der Waals surface area contributed by atoms with Crippen LogP contribution in [-0.4, -0.2) is 50.2 Å². The van der Waals surface area contributed by atoms with Crippen LogP contribution in [0.25, 0.3) is 0 Å². The van der Waals surface area contributed by atoms with Crippen molar-refractivity contribution in [2.45, 2.75) is 57.6 Å². The van der Waals surface area contributed by atoms with Crippen LogP contribution in [0.15, 0.2) is 24.3 Å². The lowest BCUT2D eigenvalue weighted by Crippen LogP contribution is -2.44. The molecule has 1 fully saturated rings. The second kappa shape index (κ2) is 7.43. The first-order valence-corrected chi connectivity index (χ1v) is 9.49. The van der Waals surface area contributed by atoms with E-state index in [0.29, 0.717) is 0 Å². The highest BCUT2D eigenvalue weighted by molar-refractivity contribution is 5.83. The van der Waals surface area contributed by atoms with Gasteiger partial charge < -0.3 is 9.64 Å². The third kappa shape index (κ3) is 3.57. The van der Waals surface area contributed by atoms with E-state index in [2.05, 4.69) is 34.6 Å². The molecule has 4 rings (SSSR count). The summed E-state index contributed by atoms with van der Waals surface area (Å²) in [4.78, 5) is 15.0. The average Bonchev–Trinajstić information content (AvgIpc) is 3.03. The maximum absolute atomic E-state index is 13.0. The van der Waals surface area contributed by atoms with Gasteiger partial charge in [0.15, 0.2) is 5.82 Å². The normalized spacial score (nSPS) is 21.1. The Bertz CT molecular complexity index is 750. The van der Waals surface area contributed by atoms with Crippen molar-refractivity contribution in [3.63, 3.8) is 0 Å². The van der Waals surface area contributed by atoms with Crippen molar-refractivity contribution >= 4 is 5.91 Å². The molecule has 2 aliphatic rings. The number of fused-ring (bicyclic) bond motifs is 1. The molecule has 1 aromatic heterocycles. The third-order valence-electron chi connectivity index (χ3n) is 5.36. The van der Waals surface area contributed by atoms with Crippen molar-refractivity contribution in [2.75, 3.05) is 13.1 Å². The summed E-state index contributed by atoms with van der Waals surface area (Å²) in [6.07, 6.45) is 4.76. The Kier molecular flexibility index (Phi) is 4.86. The Morgan fingerprint density at radius 3 is 2.62 bits per heavy atom. The summed E-state index contributed by atoms with van der Waals surface area (Å²) < 4.78 is 7.87. The molecule has 0 bridgehead atoms. The molecule has 1 aromatic carbocycles. The number of nitrogens with zero attached hydrogens (tertiary/aromatic N) is 5. The van der Waals surface area contributed by atoms with Gasteiger partial charge in [-0.3, -0.25) is 4.79 Å². The molecule has 3 heterocycles.